The van der Waals surface area contributed by atoms with Crippen LogP contribution in [0.5, 0.6) is 0 Å². The van der Waals surface area contributed by atoms with Crippen molar-refractivity contribution in [2.75, 3.05) is 0 Å². The van der Waals surface area contributed by atoms with Crippen molar-refractivity contribution in [2.45, 2.75) is 13.8 Å². The fraction of sp³-hybridized carbons (Fsp3) is 0.0789. The number of hydrogen-bond donors (Lipinski definition) is 0. The molecule has 7 rings (SSSR count). The van der Waals surface area contributed by atoms with Gasteiger partial charge in [0.25, 0.3) is 0 Å². The Morgan fingerprint density at radius 3 is 1.63 bits per heavy atom. The van der Waals surface area contributed by atoms with Crippen LogP contribution in [-0.2, 0) is 7.05 Å². The fourth-order valence-corrected chi connectivity index (χ4v) is 5.78. The van der Waals surface area contributed by atoms with Crippen molar-refractivity contribution in [3.8, 4) is 44.6 Å². The third-order valence-electron chi connectivity index (χ3n) is 8.05. The van der Waals surface area contributed by atoms with Gasteiger partial charge in [0, 0.05) is 22.9 Å². The van der Waals surface area contributed by atoms with E-state index in [-0.39, 0.29) is 5.82 Å². The zero-order valence-corrected chi connectivity index (χ0v) is 23.3. The van der Waals surface area contributed by atoms with E-state index in [0.29, 0.717) is 11.1 Å². The molecule has 0 amide bonds. The van der Waals surface area contributed by atoms with Gasteiger partial charge in [0.15, 0.2) is 6.20 Å². The molecular weight excluding hydrogens is 505 g/mol. The lowest BCUT2D eigenvalue weighted by Gasteiger charge is -2.08. The topological polar surface area (TPSA) is 17.0 Å². The molecule has 0 aliphatic heterocycles. The molecule has 198 valence electrons. The van der Waals surface area contributed by atoms with Gasteiger partial charge in [-0.25, -0.2) is 8.96 Å². The average molecular weight is 535 g/mol. The van der Waals surface area contributed by atoms with E-state index in [0.717, 1.165) is 49.9 Å². The highest BCUT2D eigenvalue weighted by atomic mass is 19.1. The number of fused-ring (bicyclic) bond motifs is 3. The van der Waals surface area contributed by atoms with Gasteiger partial charge in [0.2, 0.25) is 5.69 Å². The maximum absolute atomic E-state index is 15.5. The lowest BCUT2D eigenvalue weighted by Crippen LogP contribution is -2.30. The molecule has 5 aromatic carbocycles. The number of furan rings is 1. The second kappa shape index (κ2) is 9.87. The summed E-state index contributed by atoms with van der Waals surface area (Å²) in [6.07, 6.45) is 2.03. The number of aryl methyl sites for hydroxylation is 3. The van der Waals surface area contributed by atoms with E-state index in [9.17, 15) is 0 Å². The molecule has 0 N–H and O–H groups in total. The summed E-state index contributed by atoms with van der Waals surface area (Å²) in [6, 6.07) is 38.9. The molecule has 0 aliphatic carbocycles. The molecule has 2 heterocycles. The van der Waals surface area contributed by atoms with E-state index in [2.05, 4.69) is 97.3 Å². The quantitative estimate of drug-likeness (QED) is 0.205. The standard InChI is InChI=1S/C38H29FNO/c1-24-7-10-26(11-8-24)27-12-14-28(15-13-27)29-16-18-30(19-17-29)36-33(39)22-21-32-31-20-9-25(2)35(37(31)41-38(32)36)34-6-4-5-23-40(34)3/h4-23H,1-3H3/q+1. The smallest absolute Gasteiger partial charge is 0.216 e. The first kappa shape index (κ1) is 25.0. The Labute approximate surface area is 239 Å². The minimum Gasteiger partial charge on any atom is -0.454 e. The molecule has 0 radical (unpaired) electrons. The van der Waals surface area contributed by atoms with Gasteiger partial charge >= 0.3 is 0 Å². The van der Waals surface area contributed by atoms with Gasteiger partial charge in [-0.05, 0) is 65.4 Å². The summed E-state index contributed by atoms with van der Waals surface area (Å²) in [5.41, 5.74) is 11.6. The van der Waals surface area contributed by atoms with Crippen molar-refractivity contribution in [1.29, 1.82) is 0 Å². The van der Waals surface area contributed by atoms with Crippen LogP contribution in [0.2, 0.25) is 0 Å². The van der Waals surface area contributed by atoms with Crippen LogP contribution in [0.3, 0.4) is 0 Å². The van der Waals surface area contributed by atoms with Crippen molar-refractivity contribution in [3.63, 3.8) is 0 Å². The van der Waals surface area contributed by atoms with Crippen LogP contribution in [-0.4, -0.2) is 0 Å². The van der Waals surface area contributed by atoms with Crippen molar-refractivity contribution in [2.24, 2.45) is 7.05 Å². The molecule has 0 aliphatic rings. The molecule has 0 atom stereocenters. The third kappa shape index (κ3) is 4.31. The minimum atomic E-state index is -0.296. The van der Waals surface area contributed by atoms with Crippen LogP contribution < -0.4 is 4.57 Å². The highest BCUT2D eigenvalue weighted by Crippen LogP contribution is 2.41. The van der Waals surface area contributed by atoms with E-state index in [4.69, 9.17) is 4.42 Å². The first-order chi connectivity index (χ1) is 20.0. The summed E-state index contributed by atoms with van der Waals surface area (Å²) in [4.78, 5) is 0. The molecule has 0 bridgehead atoms. The van der Waals surface area contributed by atoms with Gasteiger partial charge in [-0.3, -0.25) is 0 Å². The van der Waals surface area contributed by atoms with Crippen LogP contribution in [0.25, 0.3) is 66.6 Å². The average Bonchev–Trinajstić information content (AvgIpc) is 3.37. The largest absolute Gasteiger partial charge is 0.454 e. The highest BCUT2D eigenvalue weighted by Gasteiger charge is 2.23. The molecule has 0 fully saturated rings. The third-order valence-corrected chi connectivity index (χ3v) is 8.05. The van der Waals surface area contributed by atoms with Crippen LogP contribution >= 0.6 is 0 Å². The second-order valence-corrected chi connectivity index (χ2v) is 10.8. The number of nitrogens with zero attached hydrogens (tertiary/aromatic N) is 1. The molecule has 0 saturated carbocycles. The Bertz CT molecular complexity index is 2050. The first-order valence-electron chi connectivity index (χ1n) is 13.9. The second-order valence-electron chi connectivity index (χ2n) is 10.8. The van der Waals surface area contributed by atoms with Gasteiger partial charge in [-0.2, -0.15) is 0 Å². The molecule has 41 heavy (non-hydrogen) atoms. The van der Waals surface area contributed by atoms with E-state index < -0.39 is 0 Å². The maximum Gasteiger partial charge on any atom is 0.216 e. The summed E-state index contributed by atoms with van der Waals surface area (Å²) in [6.45, 7) is 4.18. The Hall–Kier alpha value is -5.02. The van der Waals surface area contributed by atoms with Crippen LogP contribution in [0.15, 0.2) is 126 Å². The number of halogens is 1. The first-order valence-corrected chi connectivity index (χ1v) is 13.9. The molecule has 0 spiro atoms. The fourth-order valence-electron chi connectivity index (χ4n) is 5.78. The molecule has 0 saturated heterocycles. The molecule has 2 nitrogen and oxygen atoms in total. The van der Waals surface area contributed by atoms with E-state index >= 15 is 4.39 Å². The van der Waals surface area contributed by atoms with E-state index in [1.165, 1.54) is 16.7 Å². The molecule has 0 unspecified atom stereocenters. The Morgan fingerprint density at radius 1 is 0.537 bits per heavy atom. The maximum atomic E-state index is 15.5. The van der Waals surface area contributed by atoms with Gasteiger partial charge in [-0.1, -0.05) is 90.5 Å². The number of pyridine rings is 1. The normalized spacial score (nSPS) is 11.4. The summed E-state index contributed by atoms with van der Waals surface area (Å²) >= 11 is 0. The lowest BCUT2D eigenvalue weighted by molar-refractivity contribution is -0.660. The zero-order chi connectivity index (χ0) is 28.1. The van der Waals surface area contributed by atoms with E-state index in [1.807, 2.05) is 43.6 Å². The van der Waals surface area contributed by atoms with Crippen LogP contribution in [0.4, 0.5) is 4.39 Å². The monoisotopic (exact) mass is 534 g/mol. The summed E-state index contributed by atoms with van der Waals surface area (Å²) in [5.74, 6) is -0.296. The number of benzene rings is 5. The predicted octanol–water partition coefficient (Wildman–Crippen LogP) is 9.83. The Balaban J connectivity index is 1.30. The Kier molecular flexibility index (Phi) is 6.01. The van der Waals surface area contributed by atoms with E-state index in [1.54, 1.807) is 6.07 Å². The number of hydrogen-bond acceptors (Lipinski definition) is 1. The SMILES string of the molecule is Cc1ccc(-c2ccc(-c3ccc(-c4c(F)ccc5c4oc4c(-c6cccc[n+]6C)c(C)ccc45)cc3)cc2)cc1. The van der Waals surface area contributed by atoms with Crippen molar-refractivity contribution >= 4 is 21.9 Å². The lowest BCUT2D eigenvalue weighted by atomic mass is 9.96. The van der Waals surface area contributed by atoms with Gasteiger partial charge in [-0.15, -0.1) is 0 Å². The van der Waals surface area contributed by atoms with Crippen LogP contribution in [0.1, 0.15) is 11.1 Å². The van der Waals surface area contributed by atoms with Gasteiger partial charge in [0.1, 0.15) is 24.0 Å². The zero-order valence-electron chi connectivity index (χ0n) is 23.3. The Morgan fingerprint density at radius 2 is 1.05 bits per heavy atom. The molecular formula is C38H29FNO+. The summed E-state index contributed by atoms with van der Waals surface area (Å²) < 4.78 is 24.1. The van der Waals surface area contributed by atoms with Gasteiger partial charge in [0.05, 0.1) is 11.1 Å². The highest BCUT2D eigenvalue weighted by molar-refractivity contribution is 6.13. The number of rotatable bonds is 4. The molecule has 2 aromatic heterocycles. The van der Waals surface area contributed by atoms with Crippen molar-refractivity contribution in [1.82, 2.24) is 0 Å². The predicted molar refractivity (Wildman–Crippen MR) is 166 cm³/mol. The summed E-state index contributed by atoms with van der Waals surface area (Å²) in [5, 5.41) is 1.89. The summed E-state index contributed by atoms with van der Waals surface area (Å²) in [7, 11) is 2.03. The van der Waals surface area contributed by atoms with Crippen molar-refractivity contribution in [3.05, 3.63) is 138 Å². The molecule has 7 aromatic rings. The van der Waals surface area contributed by atoms with Crippen molar-refractivity contribution < 1.29 is 13.4 Å². The minimum absolute atomic E-state index is 0.296. The van der Waals surface area contributed by atoms with Crippen LogP contribution in [0, 0.1) is 19.7 Å². The molecule has 3 heteroatoms. The number of aromatic nitrogens is 1. The van der Waals surface area contributed by atoms with Gasteiger partial charge < -0.3 is 4.42 Å².